The summed E-state index contributed by atoms with van der Waals surface area (Å²) < 4.78 is 16.5. The van der Waals surface area contributed by atoms with Crippen LogP contribution in [0.4, 0.5) is 11.5 Å². The summed E-state index contributed by atoms with van der Waals surface area (Å²) in [6.07, 6.45) is 1.58. The molecular formula is C21H27N4O4+. The number of carbonyl (C=O) groups is 1. The number of hydrogen-bond donors (Lipinski definition) is 3. The maximum absolute atomic E-state index is 12.3. The normalized spacial score (nSPS) is 16.4. The molecule has 29 heavy (non-hydrogen) atoms. The zero-order chi connectivity index (χ0) is 20.8. The number of hydrogen-bond acceptors (Lipinski definition) is 6. The van der Waals surface area contributed by atoms with E-state index in [0.717, 1.165) is 0 Å². The van der Waals surface area contributed by atoms with Crippen LogP contribution >= 0.6 is 0 Å². The molecule has 0 spiro atoms. The predicted octanol–water partition coefficient (Wildman–Crippen LogP) is 0.792. The third kappa shape index (κ3) is 5.75. The highest BCUT2D eigenvalue weighted by atomic mass is 16.6. The van der Waals surface area contributed by atoms with Crippen molar-refractivity contribution in [2.45, 2.75) is 32.5 Å². The fourth-order valence-electron chi connectivity index (χ4n) is 2.99. The average molecular weight is 399 g/mol. The van der Waals surface area contributed by atoms with E-state index in [9.17, 15) is 4.79 Å². The van der Waals surface area contributed by atoms with E-state index in [0.29, 0.717) is 53.9 Å². The Kier molecular flexibility index (Phi) is 6.79. The van der Waals surface area contributed by atoms with Crippen molar-refractivity contribution in [2.24, 2.45) is 0 Å². The monoisotopic (exact) mass is 399 g/mol. The topological polar surface area (TPSA) is 121 Å². The van der Waals surface area contributed by atoms with Crippen LogP contribution in [-0.4, -0.2) is 48.6 Å². The van der Waals surface area contributed by atoms with Crippen molar-refractivity contribution in [2.75, 3.05) is 30.9 Å². The largest absolute Gasteiger partial charge is 0.491 e. The first-order chi connectivity index (χ1) is 13.9. The van der Waals surface area contributed by atoms with Gasteiger partial charge >= 0.3 is 0 Å². The second kappa shape index (κ2) is 9.49. The van der Waals surface area contributed by atoms with Gasteiger partial charge in [-0.25, -0.2) is 4.98 Å². The minimum absolute atomic E-state index is 0.0361. The van der Waals surface area contributed by atoms with E-state index in [2.05, 4.69) is 10.3 Å². The van der Waals surface area contributed by atoms with Crippen LogP contribution in [0.1, 0.15) is 31.4 Å². The van der Waals surface area contributed by atoms with Gasteiger partial charge in [0.2, 0.25) is 11.6 Å². The molecule has 1 amide bonds. The molecule has 1 atom stereocenters. The number of amides is 1. The van der Waals surface area contributed by atoms with Gasteiger partial charge in [-0.2, -0.15) is 0 Å². The number of nitrogens with zero attached hydrogens (tertiary/aromatic N) is 1. The summed E-state index contributed by atoms with van der Waals surface area (Å²) >= 11 is 0. The second-order valence-electron chi connectivity index (χ2n) is 7.08. The number of ether oxygens (including phenoxy) is 3. The zero-order valence-electron chi connectivity index (χ0n) is 16.7. The minimum atomic E-state index is -0.243. The van der Waals surface area contributed by atoms with Crippen LogP contribution in [0, 0.1) is 0 Å². The van der Waals surface area contributed by atoms with E-state index in [4.69, 9.17) is 25.4 Å². The maximum Gasteiger partial charge on any atom is 0.228 e. The van der Waals surface area contributed by atoms with E-state index >= 15 is 0 Å². The molecule has 0 bridgehead atoms. The molecule has 1 unspecified atom stereocenters. The Morgan fingerprint density at radius 2 is 2.17 bits per heavy atom. The van der Waals surface area contributed by atoms with Gasteiger partial charge < -0.3 is 25.3 Å². The Bertz CT molecular complexity index is 879. The van der Waals surface area contributed by atoms with Gasteiger partial charge in [0.05, 0.1) is 49.6 Å². The lowest BCUT2D eigenvalue weighted by atomic mass is 10.0. The summed E-state index contributed by atoms with van der Waals surface area (Å²) in [4.78, 5) is 16.5. The lowest BCUT2D eigenvalue weighted by molar-refractivity contribution is -0.126. The van der Waals surface area contributed by atoms with E-state index < -0.39 is 0 Å². The number of nitrogens with two attached hydrogens (primary N) is 2. The summed E-state index contributed by atoms with van der Waals surface area (Å²) in [5, 5.41) is 9.15. The lowest BCUT2D eigenvalue weighted by Gasteiger charge is -2.22. The molecule has 1 aromatic heterocycles. The Hall–Kier alpha value is -2.97. The van der Waals surface area contributed by atoms with Gasteiger partial charge in [-0.15, -0.1) is 0 Å². The Balaban J connectivity index is 1.71. The maximum atomic E-state index is 12.3. The standard InChI is InChI=1S/C21H26N4O4/c1-13(2)29-15-3-4-18(22)17(10-15)21(23)14-5-6-24-19(9-14)25-20(26)11-16-12-27-7-8-28-16/h3-6,9-10,13,16,23H,7-8,11-12,22H2,1-2H3,(H,24,25,26)/p+1. The Labute approximate surface area is 169 Å². The van der Waals surface area contributed by atoms with Crippen LogP contribution in [-0.2, 0) is 14.3 Å². The summed E-state index contributed by atoms with van der Waals surface area (Å²) in [6.45, 7) is 5.37. The van der Waals surface area contributed by atoms with E-state index in [1.54, 1.807) is 30.5 Å². The molecule has 0 radical (unpaired) electrons. The molecule has 5 N–H and O–H groups in total. The average Bonchev–Trinajstić information content (AvgIpc) is 2.69. The highest BCUT2D eigenvalue weighted by Crippen LogP contribution is 2.23. The molecule has 0 saturated carbocycles. The molecule has 1 saturated heterocycles. The number of pyridine rings is 1. The summed E-state index contributed by atoms with van der Waals surface area (Å²) in [6, 6.07) is 8.85. The third-order valence-electron chi connectivity index (χ3n) is 4.32. The smallest absolute Gasteiger partial charge is 0.228 e. The van der Waals surface area contributed by atoms with Crippen LogP contribution in [0.3, 0.4) is 0 Å². The second-order valence-corrected chi connectivity index (χ2v) is 7.08. The van der Waals surface area contributed by atoms with Crippen molar-refractivity contribution in [1.29, 1.82) is 0 Å². The molecule has 1 aliphatic rings. The lowest BCUT2D eigenvalue weighted by Crippen LogP contribution is -2.41. The van der Waals surface area contributed by atoms with Gasteiger partial charge in [0.15, 0.2) is 0 Å². The van der Waals surface area contributed by atoms with Gasteiger partial charge in [0.1, 0.15) is 11.6 Å². The number of rotatable bonds is 7. The van der Waals surface area contributed by atoms with Gasteiger partial charge in [0, 0.05) is 11.9 Å². The number of benzene rings is 1. The van der Waals surface area contributed by atoms with Crippen molar-refractivity contribution >= 4 is 23.1 Å². The molecule has 1 aromatic carbocycles. The summed E-state index contributed by atoms with van der Waals surface area (Å²) in [5.74, 6) is 0.889. The molecule has 2 aromatic rings. The highest BCUT2D eigenvalue weighted by molar-refractivity contribution is 6.12. The predicted molar refractivity (Wildman–Crippen MR) is 110 cm³/mol. The molecule has 8 heteroatoms. The van der Waals surface area contributed by atoms with Crippen LogP contribution in [0.25, 0.3) is 0 Å². The first-order valence-corrected chi connectivity index (χ1v) is 9.57. The van der Waals surface area contributed by atoms with E-state index in [-0.39, 0.29) is 24.5 Å². The molecule has 1 fully saturated rings. The summed E-state index contributed by atoms with van der Waals surface area (Å²) in [5.41, 5.74) is 8.48. The van der Waals surface area contributed by atoms with Crippen molar-refractivity contribution in [3.63, 3.8) is 0 Å². The molecule has 2 heterocycles. The highest BCUT2D eigenvalue weighted by Gasteiger charge is 2.20. The number of carbonyl (C=O) groups excluding carboxylic acids is 1. The van der Waals surface area contributed by atoms with Gasteiger partial charge in [-0.05, 0) is 44.2 Å². The molecule has 8 nitrogen and oxygen atoms in total. The Morgan fingerprint density at radius 1 is 1.34 bits per heavy atom. The molecule has 3 rings (SSSR count). The number of aromatic nitrogens is 1. The van der Waals surface area contributed by atoms with E-state index in [1.165, 1.54) is 0 Å². The SMILES string of the molecule is CC(C)Oc1ccc(N)c(C(=[NH2+])c2ccnc(NC(=O)CC3COCCO3)c2)c1. The quantitative estimate of drug-likeness (QED) is 0.468. The van der Waals surface area contributed by atoms with Crippen molar-refractivity contribution in [3.05, 3.63) is 47.7 Å². The molecule has 154 valence electrons. The summed E-state index contributed by atoms with van der Waals surface area (Å²) in [7, 11) is 0. The number of nitrogen functional groups attached to an aromatic ring is 1. The molecular weight excluding hydrogens is 372 g/mol. The van der Waals surface area contributed by atoms with Crippen LogP contribution in [0.2, 0.25) is 0 Å². The fourth-order valence-corrected chi connectivity index (χ4v) is 2.99. The van der Waals surface area contributed by atoms with Crippen molar-refractivity contribution in [1.82, 2.24) is 4.98 Å². The van der Waals surface area contributed by atoms with Gasteiger partial charge in [0.25, 0.3) is 0 Å². The third-order valence-corrected chi connectivity index (χ3v) is 4.32. The first-order valence-electron chi connectivity index (χ1n) is 9.57. The number of nitrogens with one attached hydrogen (secondary N) is 1. The van der Waals surface area contributed by atoms with Crippen molar-refractivity contribution < 1.29 is 24.4 Å². The Morgan fingerprint density at radius 3 is 2.90 bits per heavy atom. The fraction of sp³-hybridized carbons (Fsp3) is 0.381. The number of anilines is 2. The zero-order valence-corrected chi connectivity index (χ0v) is 16.7. The molecule has 1 aliphatic heterocycles. The van der Waals surface area contributed by atoms with Gasteiger partial charge in [-0.3, -0.25) is 10.2 Å². The first kappa shape index (κ1) is 20.8. The van der Waals surface area contributed by atoms with Crippen molar-refractivity contribution in [3.8, 4) is 5.75 Å². The van der Waals surface area contributed by atoms with Gasteiger partial charge in [-0.1, -0.05) is 0 Å². The van der Waals surface area contributed by atoms with Crippen LogP contribution < -0.4 is 21.2 Å². The molecule has 0 aliphatic carbocycles. The van der Waals surface area contributed by atoms with E-state index in [1.807, 2.05) is 19.9 Å². The van der Waals surface area contributed by atoms with Crippen LogP contribution in [0.5, 0.6) is 5.75 Å². The minimum Gasteiger partial charge on any atom is -0.491 e. The van der Waals surface area contributed by atoms with Crippen LogP contribution in [0.15, 0.2) is 36.5 Å².